The number of amides is 1. The summed E-state index contributed by atoms with van der Waals surface area (Å²) >= 11 is 0. The molecule has 3 N–H and O–H groups in total. The van der Waals surface area contributed by atoms with Gasteiger partial charge in [0.05, 0.1) is 17.1 Å². The average molecular weight is 810 g/mol. The number of piperazine rings is 1. The highest BCUT2D eigenvalue weighted by Crippen LogP contribution is 2.40. The largest absolute Gasteiger partial charge is 0.508 e. The van der Waals surface area contributed by atoms with Crippen LogP contribution >= 0.6 is 0 Å². The number of carbonyl (C=O) groups is 1. The Morgan fingerprint density at radius 2 is 1.88 bits per heavy atom. The number of aromatic hydroxyl groups is 1. The lowest BCUT2D eigenvalue weighted by Gasteiger charge is -2.37. The summed E-state index contributed by atoms with van der Waals surface area (Å²) in [6.07, 6.45) is 16.5. The summed E-state index contributed by atoms with van der Waals surface area (Å²) in [6.45, 7) is 11.4. The fourth-order valence-electron chi connectivity index (χ4n) is 9.88. The van der Waals surface area contributed by atoms with Gasteiger partial charge in [0.25, 0.3) is 0 Å². The Hall–Kier alpha value is -4.64. The van der Waals surface area contributed by atoms with Crippen molar-refractivity contribution in [2.75, 3.05) is 50.8 Å². The molecule has 0 radical (unpaired) electrons. The molecule has 3 unspecified atom stereocenters. The van der Waals surface area contributed by atoms with Crippen LogP contribution in [-0.4, -0.2) is 101 Å². The van der Waals surface area contributed by atoms with Crippen LogP contribution in [0.3, 0.4) is 0 Å². The van der Waals surface area contributed by atoms with Gasteiger partial charge in [0.1, 0.15) is 41.3 Å². The number of rotatable bonds is 14. The fourth-order valence-corrected chi connectivity index (χ4v) is 9.88. The van der Waals surface area contributed by atoms with Crippen molar-refractivity contribution in [2.24, 2.45) is 17.8 Å². The molecule has 3 saturated heterocycles. The number of likely N-dealkylation sites (tertiary alicyclic amines) is 1. The monoisotopic (exact) mass is 809 g/mol. The lowest BCUT2D eigenvalue weighted by Crippen LogP contribution is -2.51. The molecule has 1 aliphatic carbocycles. The Morgan fingerprint density at radius 3 is 2.66 bits per heavy atom. The minimum absolute atomic E-state index is 0.0351. The van der Waals surface area contributed by atoms with Crippen molar-refractivity contribution >= 4 is 33.4 Å². The zero-order valence-electron chi connectivity index (χ0n) is 34.5. The normalized spacial score (nSPS) is 24.6. The summed E-state index contributed by atoms with van der Waals surface area (Å²) in [5, 5.41) is 18.5. The van der Waals surface area contributed by atoms with E-state index in [1.807, 2.05) is 0 Å². The SMILES string of the molecule is C#Cc1c(F)ccc2cc(O)cc(-c3ncc4c(N5CC6CCC(C5)N6)nc(OC5CCN(CCCCCNC(=O)CO[C@@H]6C[C@H](C)CC[C@H]6C(C)C)C5)nc4c3F)c12. The van der Waals surface area contributed by atoms with Crippen LogP contribution in [0.4, 0.5) is 14.6 Å². The van der Waals surface area contributed by atoms with Crippen LogP contribution in [0.1, 0.15) is 84.1 Å². The van der Waals surface area contributed by atoms with Crippen molar-refractivity contribution in [3.05, 3.63) is 47.7 Å². The molecule has 3 aliphatic heterocycles. The Morgan fingerprint density at radius 1 is 1.07 bits per heavy atom. The summed E-state index contributed by atoms with van der Waals surface area (Å²) < 4.78 is 44.5. The molecule has 8 rings (SSSR count). The minimum atomic E-state index is -0.733. The third kappa shape index (κ3) is 9.10. The summed E-state index contributed by atoms with van der Waals surface area (Å²) in [5.74, 6) is 3.15. The molecule has 4 aromatic rings. The summed E-state index contributed by atoms with van der Waals surface area (Å²) in [7, 11) is 0. The number of nitrogens with one attached hydrogen (secondary N) is 2. The second-order valence-corrected chi connectivity index (χ2v) is 17.6. The van der Waals surface area contributed by atoms with Crippen molar-refractivity contribution in [3.8, 4) is 35.4 Å². The highest BCUT2D eigenvalue weighted by Gasteiger charge is 2.35. The molecule has 1 saturated carbocycles. The van der Waals surface area contributed by atoms with Gasteiger partial charge in [-0.1, -0.05) is 45.6 Å². The second kappa shape index (κ2) is 17.9. The maximum atomic E-state index is 17.0. The third-order valence-corrected chi connectivity index (χ3v) is 13.0. The van der Waals surface area contributed by atoms with E-state index >= 15 is 4.39 Å². The first-order chi connectivity index (χ1) is 28.5. The average Bonchev–Trinajstić information content (AvgIpc) is 3.81. The number of nitrogens with zero attached hydrogens (tertiary/aromatic N) is 5. The Labute approximate surface area is 345 Å². The van der Waals surface area contributed by atoms with E-state index in [0.717, 1.165) is 58.0 Å². The number of anilines is 1. The Kier molecular flexibility index (Phi) is 12.5. The third-order valence-electron chi connectivity index (χ3n) is 13.0. The maximum absolute atomic E-state index is 17.0. The van der Waals surface area contributed by atoms with Crippen LogP contribution < -0.4 is 20.3 Å². The van der Waals surface area contributed by atoms with Crippen molar-refractivity contribution in [3.63, 3.8) is 0 Å². The predicted molar refractivity (Wildman–Crippen MR) is 225 cm³/mol. The van der Waals surface area contributed by atoms with Gasteiger partial charge < -0.3 is 30.1 Å². The molecule has 59 heavy (non-hydrogen) atoms. The first kappa shape index (κ1) is 41.1. The summed E-state index contributed by atoms with van der Waals surface area (Å²) in [4.78, 5) is 31.2. The molecule has 6 atom stereocenters. The maximum Gasteiger partial charge on any atom is 0.319 e. The number of carbonyl (C=O) groups excluding carboxylic acids is 1. The van der Waals surface area contributed by atoms with Crippen LogP contribution in [0.25, 0.3) is 32.9 Å². The number of phenolic OH excluding ortho intramolecular Hbond substituents is 1. The van der Waals surface area contributed by atoms with E-state index in [4.69, 9.17) is 20.9 Å². The first-order valence-electron chi connectivity index (χ1n) is 21.6. The van der Waals surface area contributed by atoms with Crippen molar-refractivity contribution in [2.45, 2.75) is 103 Å². The number of pyridine rings is 1. The number of phenols is 1. The number of unbranched alkanes of at least 4 members (excludes halogenated alkanes) is 2. The zero-order chi connectivity index (χ0) is 41.2. The Bertz CT molecular complexity index is 2200. The molecule has 4 fully saturated rings. The quantitative estimate of drug-likeness (QED) is 0.0910. The topological polar surface area (TPSA) is 125 Å². The molecule has 2 bridgehead atoms. The first-order valence-corrected chi connectivity index (χ1v) is 21.6. The predicted octanol–water partition coefficient (Wildman–Crippen LogP) is 6.97. The van der Waals surface area contributed by atoms with Gasteiger partial charge in [-0.05, 0) is 92.8 Å². The summed E-state index contributed by atoms with van der Waals surface area (Å²) in [6, 6.07) is 6.25. The van der Waals surface area contributed by atoms with Crippen molar-refractivity contribution in [1.82, 2.24) is 30.5 Å². The van der Waals surface area contributed by atoms with Gasteiger partial charge in [0.2, 0.25) is 5.91 Å². The van der Waals surface area contributed by atoms with E-state index in [9.17, 15) is 14.3 Å². The smallest absolute Gasteiger partial charge is 0.319 e. The lowest BCUT2D eigenvalue weighted by molar-refractivity contribution is -0.131. The van der Waals surface area contributed by atoms with Crippen LogP contribution in [-0.2, 0) is 9.53 Å². The number of fused-ring (bicyclic) bond motifs is 4. The van der Waals surface area contributed by atoms with E-state index in [-0.39, 0.29) is 64.2 Å². The zero-order valence-corrected chi connectivity index (χ0v) is 34.5. The van der Waals surface area contributed by atoms with Gasteiger partial charge in [-0.2, -0.15) is 9.97 Å². The molecule has 314 valence electrons. The van der Waals surface area contributed by atoms with Gasteiger partial charge in [0, 0.05) is 62.0 Å². The number of ether oxygens (including phenoxy) is 2. The molecular weight excluding hydrogens is 753 g/mol. The molecule has 11 nitrogen and oxygen atoms in total. The highest BCUT2D eigenvalue weighted by molar-refractivity contribution is 6.03. The standard InChI is InChI=1S/C46H57F2N7O4/c1-5-34-38(47)14-10-29-20-32(56)21-36(41(29)34)43-42(48)44-37(22-50-43)45(55-23-30-11-12-31(24-55)51-30)53-46(52-44)59-33-15-18-54(25-33)17-8-6-7-16-49-40(57)26-58-39-19-28(4)9-13-35(39)27(2)3/h1,10,14,20-22,27-28,30-31,33,35,39,51,56H,6-9,11-13,15-19,23-26H2,2-4H3,(H,49,57)/t28-,30?,31?,33?,35+,39-/m1/s1. The van der Waals surface area contributed by atoms with Gasteiger partial charge in [-0.25, -0.2) is 8.78 Å². The number of aromatic nitrogens is 3. The van der Waals surface area contributed by atoms with Gasteiger partial charge in [-0.3, -0.25) is 14.7 Å². The number of halogens is 2. The number of hydrogen-bond donors (Lipinski definition) is 3. The number of terminal acetylenes is 1. The molecule has 0 spiro atoms. The molecule has 13 heteroatoms. The summed E-state index contributed by atoms with van der Waals surface area (Å²) in [5.41, 5.74) is 0.0598. The van der Waals surface area contributed by atoms with E-state index < -0.39 is 11.6 Å². The van der Waals surface area contributed by atoms with Crippen molar-refractivity contribution in [1.29, 1.82) is 0 Å². The van der Waals surface area contributed by atoms with Crippen LogP contribution in [0.15, 0.2) is 30.5 Å². The molecule has 1 amide bonds. The van der Waals surface area contributed by atoms with Crippen LogP contribution in [0.2, 0.25) is 0 Å². The van der Waals surface area contributed by atoms with Gasteiger partial charge >= 0.3 is 6.01 Å². The highest BCUT2D eigenvalue weighted by atomic mass is 19.1. The second-order valence-electron chi connectivity index (χ2n) is 17.6. The molecule has 2 aromatic heterocycles. The minimum Gasteiger partial charge on any atom is -0.508 e. The molecule has 2 aromatic carbocycles. The fraction of sp³-hybridized carbons (Fsp3) is 0.565. The molecule has 4 aliphatic rings. The van der Waals surface area contributed by atoms with Crippen molar-refractivity contribution < 1.29 is 28.2 Å². The van der Waals surface area contributed by atoms with Gasteiger partial charge in [0.15, 0.2) is 5.82 Å². The van der Waals surface area contributed by atoms with E-state index in [1.165, 1.54) is 37.1 Å². The number of hydrogen-bond acceptors (Lipinski definition) is 10. The van der Waals surface area contributed by atoms with Crippen LogP contribution in [0.5, 0.6) is 11.8 Å². The van der Waals surface area contributed by atoms with Gasteiger partial charge in [-0.15, -0.1) is 6.42 Å². The Balaban J connectivity index is 0.915. The van der Waals surface area contributed by atoms with E-state index in [1.54, 1.807) is 6.20 Å². The van der Waals surface area contributed by atoms with E-state index in [0.29, 0.717) is 72.6 Å². The molecule has 5 heterocycles. The van der Waals surface area contributed by atoms with E-state index in [2.05, 4.69) is 57.1 Å². The number of benzene rings is 2. The lowest BCUT2D eigenvalue weighted by atomic mass is 9.75. The van der Waals surface area contributed by atoms with Crippen LogP contribution in [0, 0.1) is 41.7 Å². The molecular formula is C46H57F2N7O4.